The molecule has 3 rings (SSSR count). The number of benzene rings is 1. The predicted octanol–water partition coefficient (Wildman–Crippen LogP) is 2.26. The quantitative estimate of drug-likeness (QED) is 0.882. The Kier molecular flexibility index (Phi) is 3.24. The summed E-state index contributed by atoms with van der Waals surface area (Å²) in [6.45, 7) is 5.55. The Morgan fingerprint density at radius 3 is 2.50 bits per heavy atom. The van der Waals surface area contributed by atoms with Gasteiger partial charge in [-0.3, -0.25) is 9.69 Å². The van der Waals surface area contributed by atoms with Gasteiger partial charge in [-0.15, -0.1) is 0 Å². The topological polar surface area (TPSA) is 75.4 Å². The maximum absolute atomic E-state index is 12.7. The standard InChI is InChI=1S/C16H17N3O3/c1-10-4-6-12(7-5-10)16(3)14(20)19(15(21)17-16)9-13-8-11(2)18-22-13/h4-8H,9H2,1-3H3,(H,17,21)/t16-/m0/s1. The molecule has 114 valence electrons. The summed E-state index contributed by atoms with van der Waals surface area (Å²) in [6.07, 6.45) is 0. The van der Waals surface area contributed by atoms with Crippen LogP contribution in [-0.4, -0.2) is 22.0 Å². The van der Waals surface area contributed by atoms with E-state index in [-0.39, 0.29) is 12.5 Å². The molecule has 6 heteroatoms. The molecule has 0 bridgehead atoms. The lowest BCUT2D eigenvalue weighted by atomic mass is 9.91. The highest BCUT2D eigenvalue weighted by Gasteiger charge is 2.49. The van der Waals surface area contributed by atoms with Gasteiger partial charge in [-0.25, -0.2) is 4.79 Å². The molecule has 6 nitrogen and oxygen atoms in total. The third kappa shape index (κ3) is 2.26. The van der Waals surface area contributed by atoms with E-state index >= 15 is 0 Å². The van der Waals surface area contributed by atoms with Crippen LogP contribution in [0.3, 0.4) is 0 Å². The van der Waals surface area contributed by atoms with Crippen molar-refractivity contribution in [1.82, 2.24) is 15.4 Å². The van der Waals surface area contributed by atoms with Gasteiger partial charge in [-0.2, -0.15) is 0 Å². The van der Waals surface area contributed by atoms with E-state index in [1.54, 1.807) is 19.9 Å². The van der Waals surface area contributed by atoms with E-state index in [1.165, 1.54) is 0 Å². The Hall–Kier alpha value is -2.63. The monoisotopic (exact) mass is 299 g/mol. The van der Waals surface area contributed by atoms with Crippen LogP contribution in [0.5, 0.6) is 0 Å². The summed E-state index contributed by atoms with van der Waals surface area (Å²) in [5, 5.41) is 6.54. The highest BCUT2D eigenvalue weighted by molar-refractivity contribution is 6.07. The molecule has 0 unspecified atom stereocenters. The van der Waals surface area contributed by atoms with E-state index in [4.69, 9.17) is 4.52 Å². The normalized spacial score (nSPS) is 21.3. The second-order valence-electron chi connectivity index (χ2n) is 5.75. The van der Waals surface area contributed by atoms with Crippen molar-refractivity contribution in [3.05, 3.63) is 52.9 Å². The number of nitrogens with zero attached hydrogens (tertiary/aromatic N) is 2. The molecule has 0 spiro atoms. The Morgan fingerprint density at radius 2 is 1.91 bits per heavy atom. The Labute approximate surface area is 128 Å². The minimum Gasteiger partial charge on any atom is -0.359 e. The second-order valence-corrected chi connectivity index (χ2v) is 5.75. The van der Waals surface area contributed by atoms with Crippen molar-refractivity contribution in [2.24, 2.45) is 0 Å². The number of rotatable bonds is 3. The molecule has 1 aromatic carbocycles. The minimum absolute atomic E-state index is 0.0763. The van der Waals surface area contributed by atoms with Crippen LogP contribution >= 0.6 is 0 Å². The molecule has 3 amide bonds. The van der Waals surface area contributed by atoms with E-state index in [0.717, 1.165) is 16.0 Å². The summed E-state index contributed by atoms with van der Waals surface area (Å²) in [7, 11) is 0. The SMILES string of the molecule is Cc1ccc([C@]2(C)NC(=O)N(Cc3cc(C)no3)C2=O)cc1. The van der Waals surface area contributed by atoms with E-state index in [9.17, 15) is 9.59 Å². The molecular weight excluding hydrogens is 282 g/mol. The number of imide groups is 1. The van der Waals surface area contributed by atoms with Gasteiger partial charge in [0.15, 0.2) is 5.76 Å². The lowest BCUT2D eigenvalue weighted by Gasteiger charge is -2.22. The molecule has 1 N–H and O–H groups in total. The number of carbonyl (C=O) groups is 2. The first kappa shape index (κ1) is 14.3. The molecule has 0 saturated carbocycles. The second kappa shape index (κ2) is 4.98. The molecule has 2 aromatic rings. The van der Waals surface area contributed by atoms with Gasteiger partial charge in [-0.1, -0.05) is 35.0 Å². The Bertz CT molecular complexity index is 735. The molecule has 1 fully saturated rings. The fourth-order valence-corrected chi connectivity index (χ4v) is 2.57. The lowest BCUT2D eigenvalue weighted by molar-refractivity contribution is -0.131. The number of urea groups is 1. The number of hydrogen-bond acceptors (Lipinski definition) is 4. The van der Waals surface area contributed by atoms with E-state index in [1.807, 2.05) is 31.2 Å². The number of carbonyl (C=O) groups excluding carboxylic acids is 2. The van der Waals surface area contributed by atoms with Crippen molar-refractivity contribution >= 4 is 11.9 Å². The van der Waals surface area contributed by atoms with Gasteiger partial charge in [-0.05, 0) is 26.3 Å². The van der Waals surface area contributed by atoms with E-state index < -0.39 is 11.6 Å². The van der Waals surface area contributed by atoms with Crippen molar-refractivity contribution in [3.63, 3.8) is 0 Å². The highest BCUT2D eigenvalue weighted by Crippen LogP contribution is 2.30. The van der Waals surface area contributed by atoms with E-state index in [2.05, 4.69) is 10.5 Å². The molecule has 0 radical (unpaired) electrons. The van der Waals surface area contributed by atoms with Crippen LogP contribution < -0.4 is 5.32 Å². The third-order valence-electron chi connectivity index (χ3n) is 3.89. The molecule has 1 atom stereocenters. The molecule has 1 aromatic heterocycles. The van der Waals surface area contributed by atoms with Crippen LogP contribution in [0.15, 0.2) is 34.9 Å². The van der Waals surface area contributed by atoms with Gasteiger partial charge < -0.3 is 9.84 Å². The Balaban J connectivity index is 1.88. The van der Waals surface area contributed by atoms with Gasteiger partial charge in [0.05, 0.1) is 12.2 Å². The fourth-order valence-electron chi connectivity index (χ4n) is 2.57. The summed E-state index contributed by atoms with van der Waals surface area (Å²) >= 11 is 0. The van der Waals surface area contributed by atoms with Gasteiger partial charge in [0.25, 0.3) is 5.91 Å². The van der Waals surface area contributed by atoms with E-state index in [0.29, 0.717) is 11.5 Å². The van der Waals surface area contributed by atoms with Crippen LogP contribution in [0.2, 0.25) is 0 Å². The molecule has 22 heavy (non-hydrogen) atoms. The van der Waals surface area contributed by atoms with Gasteiger partial charge in [0.1, 0.15) is 5.54 Å². The Morgan fingerprint density at radius 1 is 1.23 bits per heavy atom. The highest BCUT2D eigenvalue weighted by atomic mass is 16.5. The molecule has 1 saturated heterocycles. The third-order valence-corrected chi connectivity index (χ3v) is 3.89. The van der Waals surface area contributed by atoms with Crippen LogP contribution in [0.4, 0.5) is 4.79 Å². The molecule has 2 heterocycles. The molecular formula is C16H17N3O3. The zero-order valence-electron chi connectivity index (χ0n) is 12.7. The largest absolute Gasteiger partial charge is 0.359 e. The van der Waals surface area contributed by atoms with Gasteiger partial charge in [0.2, 0.25) is 0 Å². The van der Waals surface area contributed by atoms with Crippen molar-refractivity contribution in [2.75, 3.05) is 0 Å². The van der Waals surface area contributed by atoms with Crippen LogP contribution in [-0.2, 0) is 16.9 Å². The van der Waals surface area contributed by atoms with Crippen LogP contribution in [0.25, 0.3) is 0 Å². The average molecular weight is 299 g/mol. The fraction of sp³-hybridized carbons (Fsp3) is 0.312. The summed E-state index contributed by atoms with van der Waals surface area (Å²) < 4.78 is 5.09. The van der Waals surface area contributed by atoms with Crippen molar-refractivity contribution in [2.45, 2.75) is 32.9 Å². The number of aryl methyl sites for hydroxylation is 2. The molecule has 1 aliphatic rings. The maximum Gasteiger partial charge on any atom is 0.325 e. The van der Waals surface area contributed by atoms with Crippen molar-refractivity contribution in [3.8, 4) is 0 Å². The van der Waals surface area contributed by atoms with Crippen LogP contribution in [0.1, 0.15) is 29.5 Å². The zero-order chi connectivity index (χ0) is 15.9. The maximum atomic E-state index is 12.7. The summed E-state index contributed by atoms with van der Waals surface area (Å²) in [5.74, 6) is 0.185. The lowest BCUT2D eigenvalue weighted by Crippen LogP contribution is -2.40. The van der Waals surface area contributed by atoms with Crippen molar-refractivity contribution in [1.29, 1.82) is 0 Å². The smallest absolute Gasteiger partial charge is 0.325 e. The number of amides is 3. The molecule has 0 aliphatic carbocycles. The summed E-state index contributed by atoms with van der Waals surface area (Å²) in [6, 6.07) is 8.83. The van der Waals surface area contributed by atoms with Crippen molar-refractivity contribution < 1.29 is 14.1 Å². The first-order chi connectivity index (χ1) is 10.4. The zero-order valence-corrected chi connectivity index (χ0v) is 12.7. The predicted molar refractivity (Wildman–Crippen MR) is 78.9 cm³/mol. The van der Waals surface area contributed by atoms with Crippen LogP contribution in [0, 0.1) is 13.8 Å². The summed E-state index contributed by atoms with van der Waals surface area (Å²) in [4.78, 5) is 26.1. The van der Waals surface area contributed by atoms with Gasteiger partial charge in [0, 0.05) is 6.07 Å². The number of aromatic nitrogens is 1. The number of hydrogen-bond donors (Lipinski definition) is 1. The number of nitrogens with one attached hydrogen (secondary N) is 1. The minimum atomic E-state index is -1.06. The average Bonchev–Trinajstić information content (AvgIpc) is 2.97. The van der Waals surface area contributed by atoms with Gasteiger partial charge >= 0.3 is 6.03 Å². The first-order valence-electron chi connectivity index (χ1n) is 7.03. The molecule has 1 aliphatic heterocycles. The summed E-state index contributed by atoms with van der Waals surface area (Å²) in [5.41, 5.74) is 1.51. The first-order valence-corrected chi connectivity index (χ1v) is 7.03.